The van der Waals surface area contributed by atoms with E-state index in [-0.39, 0.29) is 13.2 Å². The number of carbonyl (C=O) groups excluding carboxylic acids is 1. The number of nitrogens with zero attached hydrogens (tertiary/aromatic N) is 1. The lowest BCUT2D eigenvalue weighted by Gasteiger charge is -2.04. The summed E-state index contributed by atoms with van der Waals surface area (Å²) >= 11 is 0. The van der Waals surface area contributed by atoms with Crippen LogP contribution >= 0.6 is 8.18 Å². The largest absolute Gasteiger partial charge is 0.447 e. The smallest absolute Gasteiger partial charge is 0.416 e. The quantitative estimate of drug-likeness (QED) is 0.528. The van der Waals surface area contributed by atoms with Crippen LogP contribution in [0.15, 0.2) is 0 Å². The van der Waals surface area contributed by atoms with Crippen molar-refractivity contribution in [1.82, 2.24) is 4.67 Å². The van der Waals surface area contributed by atoms with E-state index < -0.39 is 14.3 Å². The Morgan fingerprint density at radius 3 is 2.67 bits per heavy atom. The van der Waals surface area contributed by atoms with Gasteiger partial charge in [-0.15, -0.1) is 0 Å². The highest BCUT2D eigenvalue weighted by molar-refractivity contribution is 7.36. The molecule has 1 aliphatic heterocycles. The Kier molecular flexibility index (Phi) is 1.73. The summed E-state index contributed by atoms with van der Waals surface area (Å²) in [5.41, 5.74) is 0. The minimum atomic E-state index is -2.85. The molecule has 1 aliphatic rings. The van der Waals surface area contributed by atoms with Gasteiger partial charge in [0, 0.05) is 0 Å². The fourth-order valence-electron chi connectivity index (χ4n) is 0.567. The Labute approximate surface area is 52.1 Å². The van der Waals surface area contributed by atoms with Crippen LogP contribution in [0.2, 0.25) is 0 Å². The van der Waals surface area contributed by atoms with Gasteiger partial charge in [0.05, 0.1) is 6.54 Å². The molecule has 0 aliphatic carbocycles. The second kappa shape index (κ2) is 2.37. The molecule has 5 nitrogen and oxygen atoms in total. The number of hydrogen-bond donors (Lipinski definition) is 1. The third kappa shape index (κ3) is 1.23. The van der Waals surface area contributed by atoms with Crippen molar-refractivity contribution < 1.29 is 19.0 Å². The third-order valence-corrected chi connectivity index (χ3v) is 1.86. The van der Waals surface area contributed by atoms with Gasteiger partial charge in [0.15, 0.2) is 0 Å². The monoisotopic (exact) mass is 151 g/mol. The van der Waals surface area contributed by atoms with Crippen molar-refractivity contribution in [1.29, 1.82) is 0 Å². The molecule has 0 spiro atoms. The molecule has 52 valence electrons. The van der Waals surface area contributed by atoms with Crippen LogP contribution in [0.4, 0.5) is 4.79 Å². The van der Waals surface area contributed by atoms with Crippen molar-refractivity contribution >= 4 is 14.3 Å². The molecular weight excluding hydrogens is 145 g/mol. The fraction of sp³-hybridized carbons (Fsp3) is 0.667. The Hall–Kier alpha value is -0.540. The van der Waals surface area contributed by atoms with Gasteiger partial charge in [0.25, 0.3) is 8.18 Å². The molecule has 1 unspecified atom stereocenters. The standard InChI is InChI=1S/C3H6NO4P/c5-3-4(9(6)7)1-2-8-3/h9H,1-2H2,(H,6,7). The lowest BCUT2D eigenvalue weighted by molar-refractivity contribution is 0.169. The lowest BCUT2D eigenvalue weighted by atomic mass is 10.7. The zero-order valence-corrected chi connectivity index (χ0v) is 5.53. The Bertz CT molecular complexity index is 158. The molecule has 1 saturated heterocycles. The van der Waals surface area contributed by atoms with E-state index in [1.54, 1.807) is 0 Å². The van der Waals surface area contributed by atoms with Gasteiger partial charge >= 0.3 is 6.09 Å². The summed E-state index contributed by atoms with van der Waals surface area (Å²) in [6.45, 7) is 0.447. The van der Waals surface area contributed by atoms with E-state index >= 15 is 0 Å². The molecule has 1 atom stereocenters. The summed E-state index contributed by atoms with van der Waals surface area (Å²) in [7, 11) is -2.85. The van der Waals surface area contributed by atoms with Crippen LogP contribution in [0.5, 0.6) is 0 Å². The van der Waals surface area contributed by atoms with Crippen LogP contribution < -0.4 is 0 Å². The van der Waals surface area contributed by atoms with E-state index in [4.69, 9.17) is 4.89 Å². The van der Waals surface area contributed by atoms with Crippen molar-refractivity contribution in [2.45, 2.75) is 0 Å². The predicted octanol–water partition coefficient (Wildman–Crippen LogP) is -0.179. The Balaban J connectivity index is 2.60. The molecule has 1 rings (SSSR count). The maximum Gasteiger partial charge on any atom is 0.416 e. The van der Waals surface area contributed by atoms with E-state index in [1.807, 2.05) is 0 Å². The van der Waals surface area contributed by atoms with Crippen LogP contribution in [-0.4, -0.2) is 28.8 Å². The summed E-state index contributed by atoms with van der Waals surface area (Å²) in [6.07, 6.45) is -0.693. The summed E-state index contributed by atoms with van der Waals surface area (Å²) in [4.78, 5) is 18.8. The molecule has 1 heterocycles. The highest BCUT2D eigenvalue weighted by atomic mass is 31.1. The van der Waals surface area contributed by atoms with Gasteiger partial charge in [-0.2, -0.15) is 0 Å². The highest BCUT2D eigenvalue weighted by Gasteiger charge is 2.24. The number of hydrogen-bond acceptors (Lipinski definition) is 3. The van der Waals surface area contributed by atoms with E-state index in [0.717, 1.165) is 4.67 Å². The van der Waals surface area contributed by atoms with E-state index in [0.29, 0.717) is 0 Å². The highest BCUT2D eigenvalue weighted by Crippen LogP contribution is 2.24. The predicted molar refractivity (Wildman–Crippen MR) is 29.3 cm³/mol. The molecule has 1 N–H and O–H groups in total. The average Bonchev–Trinajstić information content (AvgIpc) is 2.13. The SMILES string of the molecule is O=C1OCCN1[PH](=O)O. The zero-order valence-electron chi connectivity index (χ0n) is 4.53. The van der Waals surface area contributed by atoms with Crippen molar-refractivity contribution in [3.63, 3.8) is 0 Å². The summed E-state index contributed by atoms with van der Waals surface area (Å²) in [5.74, 6) is 0. The molecule has 0 radical (unpaired) electrons. The van der Waals surface area contributed by atoms with E-state index in [9.17, 15) is 9.36 Å². The van der Waals surface area contributed by atoms with Gasteiger partial charge in [0.1, 0.15) is 6.61 Å². The first kappa shape index (κ1) is 6.58. The van der Waals surface area contributed by atoms with Gasteiger partial charge in [-0.05, 0) is 0 Å². The first-order valence-corrected chi connectivity index (χ1v) is 3.69. The van der Waals surface area contributed by atoms with Crippen molar-refractivity contribution in [3.05, 3.63) is 0 Å². The van der Waals surface area contributed by atoms with Crippen LogP contribution in [0.1, 0.15) is 0 Å². The van der Waals surface area contributed by atoms with Crippen LogP contribution in [0, 0.1) is 0 Å². The number of cyclic esters (lactones) is 1. The number of carbonyl (C=O) groups is 1. The first-order valence-electron chi connectivity index (χ1n) is 2.39. The molecule has 0 bridgehead atoms. The second-order valence-corrected chi connectivity index (χ2v) is 2.65. The molecule has 0 aromatic rings. The van der Waals surface area contributed by atoms with Crippen LogP contribution in [0.25, 0.3) is 0 Å². The van der Waals surface area contributed by atoms with E-state index in [1.165, 1.54) is 0 Å². The molecule has 0 aromatic heterocycles. The zero-order chi connectivity index (χ0) is 6.85. The third-order valence-electron chi connectivity index (χ3n) is 0.992. The second-order valence-electron chi connectivity index (χ2n) is 1.55. The summed E-state index contributed by atoms with van der Waals surface area (Å²) in [6, 6.07) is 0. The molecular formula is C3H6NO4P. The minimum absolute atomic E-state index is 0.218. The maximum atomic E-state index is 10.4. The average molecular weight is 151 g/mol. The normalized spacial score (nSPS) is 21.9. The molecule has 0 saturated carbocycles. The molecule has 1 fully saturated rings. The van der Waals surface area contributed by atoms with Crippen LogP contribution in [0.3, 0.4) is 0 Å². The van der Waals surface area contributed by atoms with E-state index in [2.05, 4.69) is 4.74 Å². The molecule has 6 heteroatoms. The maximum absolute atomic E-state index is 10.4. The van der Waals surface area contributed by atoms with Gasteiger partial charge < -0.3 is 9.63 Å². The van der Waals surface area contributed by atoms with Gasteiger partial charge in [0.2, 0.25) is 0 Å². The first-order chi connectivity index (χ1) is 4.22. The lowest BCUT2D eigenvalue weighted by Crippen LogP contribution is -2.14. The van der Waals surface area contributed by atoms with Gasteiger partial charge in [-0.25, -0.2) is 9.46 Å². The van der Waals surface area contributed by atoms with Crippen LogP contribution in [-0.2, 0) is 9.30 Å². The van der Waals surface area contributed by atoms with Crippen molar-refractivity contribution in [2.24, 2.45) is 0 Å². The number of ether oxygens (including phenoxy) is 1. The number of amides is 1. The molecule has 1 amide bonds. The van der Waals surface area contributed by atoms with Crippen molar-refractivity contribution in [3.8, 4) is 0 Å². The Morgan fingerprint density at radius 1 is 1.78 bits per heavy atom. The molecule has 0 aromatic carbocycles. The topological polar surface area (TPSA) is 66.8 Å². The van der Waals surface area contributed by atoms with Gasteiger partial charge in [-0.1, -0.05) is 0 Å². The fourth-order valence-corrected chi connectivity index (χ4v) is 1.07. The molecule has 9 heavy (non-hydrogen) atoms. The Morgan fingerprint density at radius 2 is 2.44 bits per heavy atom. The number of rotatable bonds is 1. The van der Waals surface area contributed by atoms with Crippen molar-refractivity contribution in [2.75, 3.05) is 13.2 Å². The summed E-state index contributed by atoms with van der Waals surface area (Å²) in [5, 5.41) is 0. The minimum Gasteiger partial charge on any atom is -0.447 e. The van der Waals surface area contributed by atoms with Gasteiger partial charge in [-0.3, -0.25) is 4.57 Å². The summed E-state index contributed by atoms with van der Waals surface area (Å²) < 4.78 is 15.4.